The monoisotopic (exact) mass is 433 g/mol. The average Bonchev–Trinajstić information content (AvgIpc) is 3.25. The summed E-state index contributed by atoms with van der Waals surface area (Å²) >= 11 is 0. The van der Waals surface area contributed by atoms with Crippen molar-refractivity contribution in [1.29, 1.82) is 0 Å². The van der Waals surface area contributed by atoms with Crippen molar-refractivity contribution in [2.45, 2.75) is 38.8 Å². The minimum atomic E-state index is -0.716. The van der Waals surface area contributed by atoms with Gasteiger partial charge in [0.15, 0.2) is 5.69 Å². The number of rotatable bonds is 7. The lowest BCUT2D eigenvalue weighted by Crippen LogP contribution is -2.45. The Morgan fingerprint density at radius 1 is 1.09 bits per heavy atom. The first-order chi connectivity index (χ1) is 15.5. The van der Waals surface area contributed by atoms with E-state index in [1.807, 2.05) is 35.2 Å². The Labute approximate surface area is 186 Å². The average molecular weight is 434 g/mol. The van der Waals surface area contributed by atoms with Gasteiger partial charge in [0.2, 0.25) is 11.8 Å². The number of nitrogens with zero attached hydrogens (tertiary/aromatic N) is 2. The van der Waals surface area contributed by atoms with E-state index in [1.165, 1.54) is 11.1 Å². The highest BCUT2D eigenvalue weighted by Crippen LogP contribution is 2.19. The van der Waals surface area contributed by atoms with Crippen molar-refractivity contribution in [2.75, 3.05) is 13.1 Å². The molecule has 1 aliphatic rings. The fraction of sp³-hybridized carbons (Fsp3) is 0.333. The van der Waals surface area contributed by atoms with Gasteiger partial charge in [-0.05, 0) is 37.0 Å². The first-order valence-electron chi connectivity index (χ1n) is 10.9. The van der Waals surface area contributed by atoms with Crippen molar-refractivity contribution in [3.05, 3.63) is 65.4 Å². The number of carbonyl (C=O) groups excluding carboxylic acids is 3. The van der Waals surface area contributed by atoms with Gasteiger partial charge in [-0.25, -0.2) is 0 Å². The third-order valence-electron chi connectivity index (χ3n) is 5.78. The molecule has 0 spiro atoms. The van der Waals surface area contributed by atoms with Crippen LogP contribution in [-0.2, 0) is 22.6 Å². The summed E-state index contributed by atoms with van der Waals surface area (Å²) in [4.78, 5) is 39.2. The van der Waals surface area contributed by atoms with Crippen LogP contribution in [0.2, 0.25) is 0 Å². The lowest BCUT2D eigenvalue weighted by Gasteiger charge is -2.29. The van der Waals surface area contributed by atoms with E-state index < -0.39 is 11.9 Å². The highest BCUT2D eigenvalue weighted by Gasteiger charge is 2.21. The van der Waals surface area contributed by atoms with Gasteiger partial charge in [-0.15, -0.1) is 0 Å². The molecule has 0 radical (unpaired) electrons. The van der Waals surface area contributed by atoms with E-state index in [0.29, 0.717) is 31.3 Å². The normalized spacial score (nSPS) is 14.0. The number of hydrogen-bond acceptors (Lipinski definition) is 4. The van der Waals surface area contributed by atoms with Gasteiger partial charge in [-0.2, -0.15) is 5.10 Å². The Balaban J connectivity index is 1.19. The number of nitrogens with one attached hydrogen (secondary N) is 3. The molecule has 2 heterocycles. The van der Waals surface area contributed by atoms with Crippen LogP contribution in [0.25, 0.3) is 10.9 Å². The number of para-hydroxylation sites is 1. The molecule has 0 saturated heterocycles. The molecule has 1 unspecified atom stereocenters. The molecule has 3 amide bonds. The number of hydrogen-bond donors (Lipinski definition) is 3. The molecule has 1 aromatic heterocycles. The van der Waals surface area contributed by atoms with Crippen molar-refractivity contribution in [1.82, 2.24) is 25.7 Å². The predicted molar refractivity (Wildman–Crippen MR) is 121 cm³/mol. The third kappa shape index (κ3) is 4.80. The van der Waals surface area contributed by atoms with Crippen LogP contribution in [0.15, 0.2) is 48.5 Å². The molecular weight excluding hydrogens is 406 g/mol. The molecule has 3 N–H and O–H groups in total. The van der Waals surface area contributed by atoms with Gasteiger partial charge in [0, 0.05) is 31.4 Å². The fourth-order valence-electron chi connectivity index (χ4n) is 3.94. The van der Waals surface area contributed by atoms with E-state index in [2.05, 4.69) is 33.0 Å². The molecule has 1 aliphatic heterocycles. The van der Waals surface area contributed by atoms with Crippen LogP contribution in [0.5, 0.6) is 0 Å². The third-order valence-corrected chi connectivity index (χ3v) is 5.78. The second-order valence-corrected chi connectivity index (χ2v) is 8.04. The number of H-pyrrole nitrogens is 1. The van der Waals surface area contributed by atoms with Crippen LogP contribution in [0.4, 0.5) is 0 Å². The summed E-state index contributed by atoms with van der Waals surface area (Å²) < 4.78 is 0. The smallest absolute Gasteiger partial charge is 0.273 e. The van der Waals surface area contributed by atoms with Gasteiger partial charge < -0.3 is 15.5 Å². The van der Waals surface area contributed by atoms with Crippen LogP contribution < -0.4 is 10.6 Å². The Bertz CT molecular complexity index is 1140. The number of amides is 3. The number of carbonyl (C=O) groups is 3. The quantitative estimate of drug-likeness (QED) is 0.496. The summed E-state index contributed by atoms with van der Waals surface area (Å²) in [6, 6.07) is 14.8. The molecule has 0 aliphatic carbocycles. The standard InChI is InChI=1S/C24H27N5O3/c1-16(26-24(32)22-19-9-4-5-10-20(19)27-28-22)23(31)25-13-6-11-21(30)29-14-12-17-7-2-3-8-18(17)15-29/h2-5,7-10,16H,6,11-15H2,1H3,(H,25,31)(H,26,32)(H,27,28). The van der Waals surface area contributed by atoms with Gasteiger partial charge in [-0.1, -0.05) is 42.5 Å². The maximum absolute atomic E-state index is 12.5. The molecule has 8 heteroatoms. The summed E-state index contributed by atoms with van der Waals surface area (Å²) in [5, 5.41) is 13.0. The van der Waals surface area contributed by atoms with Gasteiger partial charge >= 0.3 is 0 Å². The van der Waals surface area contributed by atoms with E-state index >= 15 is 0 Å². The van der Waals surface area contributed by atoms with Crippen LogP contribution in [0.1, 0.15) is 41.4 Å². The zero-order valence-corrected chi connectivity index (χ0v) is 18.1. The molecule has 8 nitrogen and oxygen atoms in total. The van der Waals surface area contributed by atoms with Crippen molar-refractivity contribution >= 4 is 28.6 Å². The second kappa shape index (κ2) is 9.64. The summed E-state index contributed by atoms with van der Waals surface area (Å²) in [6.45, 7) is 3.37. The van der Waals surface area contributed by atoms with E-state index in [-0.39, 0.29) is 17.5 Å². The van der Waals surface area contributed by atoms with Gasteiger partial charge in [0.25, 0.3) is 5.91 Å². The molecule has 0 saturated carbocycles. The Hall–Kier alpha value is -3.68. The molecule has 4 rings (SSSR count). The SMILES string of the molecule is CC(NC(=O)c1n[nH]c2ccccc12)C(=O)NCCCC(=O)N1CCc2ccccc2C1. The molecule has 3 aromatic rings. The first-order valence-corrected chi connectivity index (χ1v) is 10.9. The molecule has 2 aromatic carbocycles. The summed E-state index contributed by atoms with van der Waals surface area (Å²) in [7, 11) is 0. The highest BCUT2D eigenvalue weighted by atomic mass is 16.2. The Morgan fingerprint density at radius 3 is 2.69 bits per heavy atom. The molecule has 0 bridgehead atoms. The number of fused-ring (bicyclic) bond motifs is 2. The summed E-state index contributed by atoms with van der Waals surface area (Å²) in [5.41, 5.74) is 3.53. The van der Waals surface area contributed by atoms with E-state index in [9.17, 15) is 14.4 Å². The molecule has 1 atom stereocenters. The van der Waals surface area contributed by atoms with Crippen LogP contribution in [0.3, 0.4) is 0 Å². The van der Waals surface area contributed by atoms with Gasteiger partial charge in [0.1, 0.15) is 6.04 Å². The second-order valence-electron chi connectivity index (χ2n) is 8.04. The van der Waals surface area contributed by atoms with Crippen LogP contribution in [-0.4, -0.2) is 52.0 Å². The summed E-state index contributed by atoms with van der Waals surface area (Å²) in [6.07, 6.45) is 1.80. The molecule has 166 valence electrons. The zero-order chi connectivity index (χ0) is 22.5. The maximum atomic E-state index is 12.5. The molecule has 32 heavy (non-hydrogen) atoms. The van der Waals surface area contributed by atoms with E-state index in [1.54, 1.807) is 13.0 Å². The number of aromatic nitrogens is 2. The van der Waals surface area contributed by atoms with Gasteiger partial charge in [0.05, 0.1) is 5.52 Å². The predicted octanol–water partition coefficient (Wildman–Crippen LogP) is 2.16. The minimum absolute atomic E-state index is 0.0977. The van der Waals surface area contributed by atoms with Gasteiger partial charge in [-0.3, -0.25) is 19.5 Å². The minimum Gasteiger partial charge on any atom is -0.354 e. The highest BCUT2D eigenvalue weighted by molar-refractivity contribution is 6.05. The van der Waals surface area contributed by atoms with Crippen molar-refractivity contribution in [2.24, 2.45) is 0 Å². The van der Waals surface area contributed by atoms with Crippen molar-refractivity contribution in [3.8, 4) is 0 Å². The number of benzene rings is 2. The van der Waals surface area contributed by atoms with Crippen molar-refractivity contribution < 1.29 is 14.4 Å². The lowest BCUT2D eigenvalue weighted by molar-refractivity contribution is -0.132. The molecular formula is C24H27N5O3. The fourth-order valence-corrected chi connectivity index (χ4v) is 3.94. The van der Waals surface area contributed by atoms with E-state index in [0.717, 1.165) is 18.5 Å². The lowest BCUT2D eigenvalue weighted by atomic mass is 9.99. The largest absolute Gasteiger partial charge is 0.354 e. The Kier molecular flexibility index (Phi) is 6.49. The van der Waals surface area contributed by atoms with E-state index in [4.69, 9.17) is 0 Å². The number of aromatic amines is 1. The van der Waals surface area contributed by atoms with Crippen LogP contribution >= 0.6 is 0 Å². The topological polar surface area (TPSA) is 107 Å². The van der Waals surface area contributed by atoms with Crippen molar-refractivity contribution in [3.63, 3.8) is 0 Å². The first kappa shape index (κ1) is 21.5. The van der Waals surface area contributed by atoms with Crippen LogP contribution in [0, 0.1) is 0 Å². The summed E-state index contributed by atoms with van der Waals surface area (Å²) in [5.74, 6) is -0.608. The molecule has 0 fully saturated rings. The maximum Gasteiger partial charge on any atom is 0.273 e. The zero-order valence-electron chi connectivity index (χ0n) is 18.1. The Morgan fingerprint density at radius 2 is 1.84 bits per heavy atom.